The molecular weight excluding hydrogens is 227 g/mol. The Morgan fingerprint density at radius 2 is 2.18 bits per heavy atom. The van der Waals surface area contributed by atoms with Gasteiger partial charge in [-0.25, -0.2) is 0 Å². The zero-order valence-electron chi connectivity index (χ0n) is 5.48. The van der Waals surface area contributed by atoms with Crippen LogP contribution in [0.25, 0.3) is 0 Å². The molecule has 0 aromatic rings. The number of nitrogens with zero attached hydrogens (tertiary/aromatic N) is 1. The van der Waals surface area contributed by atoms with Crippen LogP contribution in [-0.2, 0) is 4.79 Å². The van der Waals surface area contributed by atoms with Gasteiger partial charge in [-0.3, -0.25) is 9.69 Å². The Bertz CT molecular complexity index is 150. The first-order valence-electron chi connectivity index (χ1n) is 2.43. The predicted octanol–water partition coefficient (Wildman–Crippen LogP) is 0.607. The number of hydrogen-bond donors (Lipinski definition) is 1. The molecular formula is C4H8Cl2N2OS2. The van der Waals surface area contributed by atoms with Crippen molar-refractivity contribution in [2.75, 3.05) is 12.4 Å². The van der Waals surface area contributed by atoms with Crippen LogP contribution in [0.5, 0.6) is 0 Å². The summed E-state index contributed by atoms with van der Waals surface area (Å²) in [5.74, 6) is 0.475. The highest BCUT2D eigenvalue weighted by atomic mass is 35.5. The molecule has 0 radical (unpaired) electrons. The fraction of sp³-hybridized carbons (Fsp3) is 0.500. The maximum absolute atomic E-state index is 10.8. The lowest BCUT2D eigenvalue weighted by Crippen LogP contribution is -2.33. The van der Waals surface area contributed by atoms with E-state index in [1.807, 2.05) is 0 Å². The summed E-state index contributed by atoms with van der Waals surface area (Å²) >= 11 is 6.17. The first-order chi connectivity index (χ1) is 4.25. The molecule has 1 amide bonds. The van der Waals surface area contributed by atoms with Crippen LogP contribution in [0.3, 0.4) is 0 Å². The Kier molecular flexibility index (Phi) is 7.66. The van der Waals surface area contributed by atoms with Crippen molar-refractivity contribution in [3.05, 3.63) is 0 Å². The molecule has 0 atom stereocenters. The maximum Gasteiger partial charge on any atom is 0.239 e. The monoisotopic (exact) mass is 234 g/mol. The topological polar surface area (TPSA) is 46.3 Å². The zero-order valence-corrected chi connectivity index (χ0v) is 8.75. The summed E-state index contributed by atoms with van der Waals surface area (Å²) in [6.45, 7) is 0.213. The minimum Gasteiger partial charge on any atom is -0.313 e. The van der Waals surface area contributed by atoms with Gasteiger partial charge >= 0.3 is 0 Å². The Hall–Kier alpha value is 0.450. The number of amides is 1. The number of carbonyl (C=O) groups excluding carboxylic acids is 1. The molecule has 1 rings (SSSR count). The molecule has 0 spiro atoms. The summed E-state index contributed by atoms with van der Waals surface area (Å²) in [4.78, 5) is 12.2. The Labute approximate surface area is 86.9 Å². The smallest absolute Gasteiger partial charge is 0.239 e. The van der Waals surface area contributed by atoms with Crippen LogP contribution in [0.1, 0.15) is 0 Å². The highest BCUT2D eigenvalue weighted by Crippen LogP contribution is 2.17. The molecule has 3 nitrogen and oxygen atoms in total. The first kappa shape index (κ1) is 14.0. The van der Waals surface area contributed by atoms with Crippen molar-refractivity contribution in [1.29, 1.82) is 0 Å². The van der Waals surface area contributed by atoms with Gasteiger partial charge in [-0.2, -0.15) is 0 Å². The van der Waals surface area contributed by atoms with Gasteiger partial charge in [0.2, 0.25) is 5.91 Å². The summed E-state index contributed by atoms with van der Waals surface area (Å²) in [7, 11) is 0. The number of carbonyl (C=O) groups is 1. The van der Waals surface area contributed by atoms with Gasteiger partial charge in [-0.1, -0.05) is 24.0 Å². The van der Waals surface area contributed by atoms with Gasteiger partial charge in [0.1, 0.15) is 4.32 Å². The van der Waals surface area contributed by atoms with Gasteiger partial charge in [0.15, 0.2) is 0 Å². The molecule has 0 aromatic heterocycles. The van der Waals surface area contributed by atoms with Crippen LogP contribution in [0.4, 0.5) is 0 Å². The Morgan fingerprint density at radius 3 is 2.36 bits per heavy atom. The van der Waals surface area contributed by atoms with Crippen molar-refractivity contribution < 1.29 is 4.79 Å². The lowest BCUT2D eigenvalue weighted by Gasteiger charge is -2.09. The minimum absolute atomic E-state index is 0. The van der Waals surface area contributed by atoms with E-state index in [4.69, 9.17) is 18.0 Å². The molecule has 0 aliphatic carbocycles. The fourth-order valence-corrected chi connectivity index (χ4v) is 1.65. The molecule has 66 valence electrons. The van der Waals surface area contributed by atoms with Gasteiger partial charge in [0, 0.05) is 0 Å². The number of thioether (sulfide) groups is 1. The van der Waals surface area contributed by atoms with E-state index >= 15 is 0 Å². The van der Waals surface area contributed by atoms with Crippen LogP contribution in [0.2, 0.25) is 0 Å². The van der Waals surface area contributed by atoms with Crippen LogP contribution >= 0.6 is 48.8 Å². The SMILES string of the molecule is Cl.Cl.NCN1C(=O)CSC1=S. The highest BCUT2D eigenvalue weighted by Gasteiger charge is 2.24. The molecule has 1 aliphatic heterocycles. The second-order valence-corrected chi connectivity index (χ2v) is 3.17. The molecule has 0 saturated carbocycles. The zero-order chi connectivity index (χ0) is 6.85. The maximum atomic E-state index is 10.8. The third-order valence-electron chi connectivity index (χ3n) is 1.02. The van der Waals surface area contributed by atoms with Gasteiger partial charge in [0.25, 0.3) is 0 Å². The Balaban J connectivity index is 0. The van der Waals surface area contributed by atoms with E-state index in [-0.39, 0.29) is 37.4 Å². The molecule has 11 heavy (non-hydrogen) atoms. The largest absolute Gasteiger partial charge is 0.313 e. The molecule has 1 saturated heterocycles. The Morgan fingerprint density at radius 1 is 1.64 bits per heavy atom. The third-order valence-corrected chi connectivity index (χ3v) is 2.46. The quantitative estimate of drug-likeness (QED) is 0.676. The van der Waals surface area contributed by atoms with E-state index < -0.39 is 0 Å². The number of nitrogens with two attached hydrogens (primary N) is 1. The van der Waals surface area contributed by atoms with Gasteiger partial charge in [0.05, 0.1) is 12.4 Å². The van der Waals surface area contributed by atoms with E-state index in [1.54, 1.807) is 0 Å². The van der Waals surface area contributed by atoms with Crippen molar-refractivity contribution in [1.82, 2.24) is 4.90 Å². The average molecular weight is 235 g/mol. The molecule has 2 N–H and O–H groups in total. The standard InChI is InChI=1S/C4H6N2OS2.2ClH/c5-2-6-3(7)1-9-4(6)8;;/h1-2,5H2;2*1H. The molecule has 0 bridgehead atoms. The summed E-state index contributed by atoms with van der Waals surface area (Å²) in [6, 6.07) is 0. The highest BCUT2D eigenvalue weighted by molar-refractivity contribution is 8.23. The van der Waals surface area contributed by atoms with Gasteiger partial charge in [-0.15, -0.1) is 24.8 Å². The molecule has 1 fully saturated rings. The van der Waals surface area contributed by atoms with Crippen LogP contribution in [0, 0.1) is 0 Å². The minimum atomic E-state index is 0. The van der Waals surface area contributed by atoms with E-state index in [9.17, 15) is 4.79 Å². The summed E-state index contributed by atoms with van der Waals surface area (Å²) in [6.07, 6.45) is 0. The molecule has 1 heterocycles. The normalized spacial score (nSPS) is 15.9. The number of rotatable bonds is 1. The van der Waals surface area contributed by atoms with E-state index in [0.717, 1.165) is 0 Å². The predicted molar refractivity (Wildman–Crippen MR) is 55.5 cm³/mol. The lowest BCUT2D eigenvalue weighted by atomic mass is 10.6. The average Bonchev–Trinajstić information content (AvgIpc) is 2.12. The third kappa shape index (κ3) is 3.13. The van der Waals surface area contributed by atoms with Crippen LogP contribution in [-0.4, -0.2) is 27.5 Å². The molecule has 0 aromatic carbocycles. The fourth-order valence-electron chi connectivity index (χ4n) is 0.557. The number of thiocarbonyl (C=S) groups is 1. The second-order valence-electron chi connectivity index (χ2n) is 1.56. The van der Waals surface area contributed by atoms with Crippen LogP contribution < -0.4 is 5.73 Å². The molecule has 0 unspecified atom stereocenters. The second kappa shape index (κ2) is 6.02. The van der Waals surface area contributed by atoms with Gasteiger partial charge in [-0.05, 0) is 0 Å². The van der Waals surface area contributed by atoms with Crippen molar-refractivity contribution in [3.63, 3.8) is 0 Å². The van der Waals surface area contributed by atoms with E-state index in [2.05, 4.69) is 0 Å². The summed E-state index contributed by atoms with van der Waals surface area (Å²) in [5.41, 5.74) is 5.22. The van der Waals surface area contributed by atoms with E-state index in [1.165, 1.54) is 16.7 Å². The first-order valence-corrected chi connectivity index (χ1v) is 3.82. The number of halogens is 2. The lowest BCUT2D eigenvalue weighted by molar-refractivity contribution is -0.123. The van der Waals surface area contributed by atoms with Gasteiger partial charge < -0.3 is 5.73 Å². The van der Waals surface area contributed by atoms with E-state index in [0.29, 0.717) is 10.1 Å². The molecule has 7 heteroatoms. The summed E-state index contributed by atoms with van der Waals surface area (Å²) < 4.78 is 0.600. The molecule has 1 aliphatic rings. The van der Waals surface area contributed by atoms with Crippen molar-refractivity contribution in [2.24, 2.45) is 5.73 Å². The van der Waals surface area contributed by atoms with Crippen molar-refractivity contribution in [2.45, 2.75) is 0 Å². The number of hydrogen-bond acceptors (Lipinski definition) is 4. The van der Waals surface area contributed by atoms with Crippen molar-refractivity contribution in [3.8, 4) is 0 Å². The van der Waals surface area contributed by atoms with Crippen LogP contribution in [0.15, 0.2) is 0 Å². The van der Waals surface area contributed by atoms with Crippen molar-refractivity contribution >= 4 is 59.0 Å². The summed E-state index contributed by atoms with van der Waals surface area (Å²) in [5, 5.41) is 0.